The molecule has 2 rings (SSSR count). The van der Waals surface area contributed by atoms with Crippen LogP contribution in [0.15, 0.2) is 18.2 Å². The minimum Gasteiger partial charge on any atom is -0.493 e. The van der Waals surface area contributed by atoms with Gasteiger partial charge in [0.2, 0.25) is 0 Å². The monoisotopic (exact) mass is 232 g/mol. The van der Waals surface area contributed by atoms with Gasteiger partial charge in [0.15, 0.2) is 5.78 Å². The molecule has 0 aromatic heterocycles. The Hall–Kier alpha value is -1.31. The average Bonchev–Trinajstić information content (AvgIpc) is 2.37. The fourth-order valence-corrected chi connectivity index (χ4v) is 2.18. The van der Waals surface area contributed by atoms with E-state index in [1.54, 1.807) is 0 Å². The second kappa shape index (κ2) is 5.35. The van der Waals surface area contributed by atoms with Crippen molar-refractivity contribution >= 4 is 5.78 Å². The van der Waals surface area contributed by atoms with Crippen molar-refractivity contribution < 1.29 is 9.53 Å². The quantitative estimate of drug-likeness (QED) is 0.741. The summed E-state index contributed by atoms with van der Waals surface area (Å²) >= 11 is 0. The number of Topliss-reactive ketones (excluding diaryl/α,β-unsaturated/α-hetero) is 1. The number of hydrogen-bond donors (Lipinski definition) is 0. The molecule has 0 spiro atoms. The Kier molecular flexibility index (Phi) is 3.82. The molecule has 92 valence electrons. The van der Waals surface area contributed by atoms with E-state index in [-0.39, 0.29) is 5.78 Å². The summed E-state index contributed by atoms with van der Waals surface area (Å²) in [4.78, 5) is 12.2. The van der Waals surface area contributed by atoms with Crippen molar-refractivity contribution in [2.24, 2.45) is 5.92 Å². The number of ketones is 1. The zero-order valence-corrected chi connectivity index (χ0v) is 10.7. The zero-order chi connectivity index (χ0) is 12.3. The van der Waals surface area contributed by atoms with Crippen LogP contribution in [0, 0.1) is 5.92 Å². The fourth-order valence-electron chi connectivity index (χ4n) is 2.18. The van der Waals surface area contributed by atoms with Crippen molar-refractivity contribution in [1.29, 1.82) is 0 Å². The van der Waals surface area contributed by atoms with Crippen LogP contribution in [-0.4, -0.2) is 12.4 Å². The predicted molar refractivity (Wildman–Crippen MR) is 68.7 cm³/mol. The summed E-state index contributed by atoms with van der Waals surface area (Å²) < 4.78 is 5.67. The van der Waals surface area contributed by atoms with Gasteiger partial charge in [-0.1, -0.05) is 32.4 Å². The van der Waals surface area contributed by atoms with E-state index in [0.717, 1.165) is 37.2 Å². The van der Waals surface area contributed by atoms with Crippen LogP contribution in [0.1, 0.15) is 49.0 Å². The van der Waals surface area contributed by atoms with Gasteiger partial charge < -0.3 is 4.74 Å². The van der Waals surface area contributed by atoms with Gasteiger partial charge in [-0.15, -0.1) is 0 Å². The van der Waals surface area contributed by atoms with Crippen molar-refractivity contribution in [2.45, 2.75) is 39.5 Å². The SMILES string of the molecule is CCC(C)CC(=O)c1cccc2c1OCCC2. The lowest BCUT2D eigenvalue weighted by Gasteiger charge is -2.20. The number of para-hydroxylation sites is 1. The van der Waals surface area contributed by atoms with Gasteiger partial charge in [-0.3, -0.25) is 4.79 Å². The lowest BCUT2D eigenvalue weighted by molar-refractivity contribution is 0.0958. The summed E-state index contributed by atoms with van der Waals surface area (Å²) in [6.45, 7) is 4.98. The van der Waals surface area contributed by atoms with Crippen molar-refractivity contribution in [3.05, 3.63) is 29.3 Å². The van der Waals surface area contributed by atoms with Crippen LogP contribution in [0.3, 0.4) is 0 Å². The van der Waals surface area contributed by atoms with E-state index in [1.165, 1.54) is 5.56 Å². The molecule has 1 heterocycles. The zero-order valence-electron chi connectivity index (χ0n) is 10.7. The summed E-state index contributed by atoms with van der Waals surface area (Å²) in [6, 6.07) is 5.93. The molecule has 0 aliphatic carbocycles. The van der Waals surface area contributed by atoms with Crippen molar-refractivity contribution in [3.63, 3.8) is 0 Å². The molecule has 2 heteroatoms. The fraction of sp³-hybridized carbons (Fsp3) is 0.533. The Morgan fingerprint density at radius 2 is 2.29 bits per heavy atom. The summed E-state index contributed by atoms with van der Waals surface area (Å²) in [5.41, 5.74) is 1.97. The second-order valence-electron chi connectivity index (χ2n) is 4.89. The molecule has 0 bridgehead atoms. The van der Waals surface area contributed by atoms with E-state index in [4.69, 9.17) is 4.74 Å². The molecular weight excluding hydrogens is 212 g/mol. The van der Waals surface area contributed by atoms with E-state index in [2.05, 4.69) is 19.9 Å². The number of carbonyl (C=O) groups excluding carboxylic acids is 1. The molecule has 17 heavy (non-hydrogen) atoms. The Labute approximate surface area is 103 Å². The first-order chi connectivity index (χ1) is 8.22. The Balaban J connectivity index is 2.23. The number of rotatable bonds is 4. The Morgan fingerprint density at radius 1 is 1.47 bits per heavy atom. The maximum absolute atomic E-state index is 12.2. The smallest absolute Gasteiger partial charge is 0.166 e. The number of benzene rings is 1. The summed E-state index contributed by atoms with van der Waals surface area (Å²) in [7, 11) is 0. The van der Waals surface area contributed by atoms with Crippen molar-refractivity contribution in [1.82, 2.24) is 0 Å². The van der Waals surface area contributed by atoms with Gasteiger partial charge in [0.25, 0.3) is 0 Å². The third-order valence-corrected chi connectivity index (χ3v) is 3.46. The second-order valence-corrected chi connectivity index (χ2v) is 4.89. The minimum absolute atomic E-state index is 0.220. The molecule has 1 aliphatic rings. The molecule has 0 fully saturated rings. The lowest BCUT2D eigenvalue weighted by atomic mass is 9.94. The van der Waals surface area contributed by atoms with E-state index >= 15 is 0 Å². The number of ether oxygens (including phenoxy) is 1. The maximum Gasteiger partial charge on any atom is 0.166 e. The van der Waals surface area contributed by atoms with Crippen LogP contribution in [0.25, 0.3) is 0 Å². The van der Waals surface area contributed by atoms with Crippen LogP contribution >= 0.6 is 0 Å². The van der Waals surface area contributed by atoms with E-state index in [9.17, 15) is 4.79 Å². The summed E-state index contributed by atoms with van der Waals surface area (Å²) in [5.74, 6) is 1.51. The largest absolute Gasteiger partial charge is 0.493 e. The van der Waals surface area contributed by atoms with E-state index in [0.29, 0.717) is 12.3 Å². The van der Waals surface area contributed by atoms with Gasteiger partial charge in [-0.2, -0.15) is 0 Å². The first-order valence-corrected chi connectivity index (χ1v) is 6.50. The Morgan fingerprint density at radius 3 is 3.06 bits per heavy atom. The highest BCUT2D eigenvalue weighted by atomic mass is 16.5. The number of aryl methyl sites for hydroxylation is 1. The Bertz CT molecular complexity index is 409. The molecule has 0 saturated carbocycles. The lowest BCUT2D eigenvalue weighted by Crippen LogP contribution is -2.14. The standard InChI is InChI=1S/C15H20O2/c1-3-11(2)10-14(16)13-8-4-6-12-7-5-9-17-15(12)13/h4,6,8,11H,3,5,7,9-10H2,1-2H3. The molecular formula is C15H20O2. The number of carbonyl (C=O) groups is 1. The number of hydrogen-bond acceptors (Lipinski definition) is 2. The van der Waals surface area contributed by atoms with Crippen molar-refractivity contribution in [2.75, 3.05) is 6.61 Å². The molecule has 0 amide bonds. The van der Waals surface area contributed by atoms with Crippen molar-refractivity contribution in [3.8, 4) is 5.75 Å². The molecule has 1 aliphatic heterocycles. The molecule has 1 aromatic carbocycles. The molecule has 1 atom stereocenters. The van der Waals surface area contributed by atoms with E-state index in [1.807, 2.05) is 12.1 Å². The molecule has 1 aromatic rings. The first kappa shape index (κ1) is 12.2. The third-order valence-electron chi connectivity index (χ3n) is 3.46. The van der Waals surface area contributed by atoms with Crippen LogP contribution in [0.2, 0.25) is 0 Å². The highest BCUT2D eigenvalue weighted by Crippen LogP contribution is 2.30. The summed E-state index contributed by atoms with van der Waals surface area (Å²) in [6.07, 6.45) is 3.74. The minimum atomic E-state index is 0.220. The highest BCUT2D eigenvalue weighted by Gasteiger charge is 2.19. The topological polar surface area (TPSA) is 26.3 Å². The third kappa shape index (κ3) is 2.68. The van der Waals surface area contributed by atoms with Gasteiger partial charge in [0.1, 0.15) is 5.75 Å². The van der Waals surface area contributed by atoms with Gasteiger partial charge in [-0.25, -0.2) is 0 Å². The molecule has 0 N–H and O–H groups in total. The van der Waals surface area contributed by atoms with Crippen LogP contribution in [0.5, 0.6) is 5.75 Å². The van der Waals surface area contributed by atoms with Gasteiger partial charge in [0, 0.05) is 6.42 Å². The van der Waals surface area contributed by atoms with Crippen LogP contribution < -0.4 is 4.74 Å². The molecule has 2 nitrogen and oxygen atoms in total. The molecule has 0 saturated heterocycles. The van der Waals surface area contributed by atoms with Crippen LogP contribution in [-0.2, 0) is 6.42 Å². The van der Waals surface area contributed by atoms with Gasteiger partial charge >= 0.3 is 0 Å². The van der Waals surface area contributed by atoms with E-state index < -0.39 is 0 Å². The highest BCUT2D eigenvalue weighted by molar-refractivity contribution is 5.99. The molecule has 1 unspecified atom stereocenters. The predicted octanol–water partition coefficient (Wildman–Crippen LogP) is 3.63. The van der Waals surface area contributed by atoms with Gasteiger partial charge in [-0.05, 0) is 30.4 Å². The normalized spacial score (nSPS) is 15.9. The van der Waals surface area contributed by atoms with Gasteiger partial charge in [0.05, 0.1) is 12.2 Å². The number of fused-ring (bicyclic) bond motifs is 1. The average molecular weight is 232 g/mol. The summed E-state index contributed by atoms with van der Waals surface area (Å²) in [5, 5.41) is 0. The first-order valence-electron chi connectivity index (χ1n) is 6.50. The molecule has 0 radical (unpaired) electrons. The van der Waals surface area contributed by atoms with Crippen LogP contribution in [0.4, 0.5) is 0 Å². The maximum atomic E-state index is 12.2.